The van der Waals surface area contributed by atoms with Crippen LogP contribution in [0.2, 0.25) is 0 Å². The van der Waals surface area contributed by atoms with E-state index in [1.807, 2.05) is 0 Å². The summed E-state index contributed by atoms with van der Waals surface area (Å²) >= 11 is 1.30. The molecule has 1 amide bonds. The third kappa shape index (κ3) is 3.77. The number of nitrogens with one attached hydrogen (secondary N) is 2. The van der Waals surface area contributed by atoms with Crippen molar-refractivity contribution in [2.24, 2.45) is 5.92 Å². The number of aromatic nitrogens is 3. The summed E-state index contributed by atoms with van der Waals surface area (Å²) < 4.78 is 1.08. The molecule has 0 aliphatic heterocycles. The van der Waals surface area contributed by atoms with Crippen LogP contribution < -0.4 is 16.6 Å². The van der Waals surface area contributed by atoms with Crippen LogP contribution in [-0.4, -0.2) is 20.4 Å². The molecule has 28 heavy (non-hydrogen) atoms. The van der Waals surface area contributed by atoms with Crippen LogP contribution in [0.5, 0.6) is 0 Å². The minimum absolute atomic E-state index is 0.318. The van der Waals surface area contributed by atoms with Crippen LogP contribution in [0, 0.1) is 5.92 Å². The fraction of sp³-hybridized carbons (Fsp3) is 0.400. The summed E-state index contributed by atoms with van der Waals surface area (Å²) in [6.07, 6.45) is 7.54. The Morgan fingerprint density at radius 3 is 2.79 bits per heavy atom. The normalized spacial score (nSPS) is 16.1. The highest BCUT2D eigenvalue weighted by Gasteiger charge is 2.29. The Morgan fingerprint density at radius 2 is 2.04 bits per heavy atom. The Morgan fingerprint density at radius 1 is 1.25 bits per heavy atom. The van der Waals surface area contributed by atoms with Gasteiger partial charge in [-0.05, 0) is 24.5 Å². The molecule has 4 rings (SSSR count). The zero-order chi connectivity index (χ0) is 19.5. The maximum Gasteiger partial charge on any atom is 0.329 e. The lowest BCUT2D eigenvalue weighted by Gasteiger charge is -2.26. The number of nitrogens with zero attached hydrogens (tertiary/aromatic N) is 2. The topological polar surface area (TPSA) is 96.8 Å². The summed E-state index contributed by atoms with van der Waals surface area (Å²) in [6.45, 7) is 0. The van der Waals surface area contributed by atoms with Gasteiger partial charge in [0.15, 0.2) is 5.13 Å². The maximum atomic E-state index is 13.1. The number of hydrogen-bond acceptors (Lipinski definition) is 5. The van der Waals surface area contributed by atoms with E-state index >= 15 is 0 Å². The molecule has 8 heteroatoms. The number of hydrogen-bond donors (Lipinski definition) is 2. The molecule has 3 aromatic rings. The number of fused-ring (bicyclic) bond motifs is 1. The van der Waals surface area contributed by atoms with Crippen molar-refractivity contribution in [2.45, 2.75) is 44.6 Å². The fourth-order valence-corrected chi connectivity index (χ4v) is 4.53. The number of thiazole rings is 1. The Bertz CT molecular complexity index is 1080. The van der Waals surface area contributed by atoms with Crippen LogP contribution in [0.4, 0.5) is 5.13 Å². The third-order valence-electron chi connectivity index (χ3n) is 5.39. The number of benzene rings is 1. The van der Waals surface area contributed by atoms with E-state index in [-0.39, 0.29) is 5.91 Å². The number of carbonyl (C=O) groups excluding carboxylic acids is 1. The van der Waals surface area contributed by atoms with Crippen LogP contribution >= 0.6 is 11.3 Å². The van der Waals surface area contributed by atoms with Crippen molar-refractivity contribution >= 4 is 33.3 Å². The molecule has 0 spiro atoms. The second-order valence-electron chi connectivity index (χ2n) is 7.23. The minimum atomic E-state index is -0.868. The van der Waals surface area contributed by atoms with E-state index < -0.39 is 17.3 Å². The van der Waals surface area contributed by atoms with Crippen LogP contribution in [-0.2, 0) is 4.79 Å². The van der Waals surface area contributed by atoms with Gasteiger partial charge in [0.1, 0.15) is 6.04 Å². The first-order valence-corrected chi connectivity index (χ1v) is 10.5. The van der Waals surface area contributed by atoms with Crippen LogP contribution in [0.15, 0.2) is 45.4 Å². The summed E-state index contributed by atoms with van der Waals surface area (Å²) in [6, 6.07) is 6.00. The smallest absolute Gasteiger partial charge is 0.307 e. The SMILES string of the molecule is O=C(Nc1nccs1)C(CC1CCCCC1)n1c(=O)[nH]c2ccccc2c1=O. The Hall–Kier alpha value is -2.74. The lowest BCUT2D eigenvalue weighted by atomic mass is 9.84. The van der Waals surface area contributed by atoms with Crippen molar-refractivity contribution in [2.75, 3.05) is 5.32 Å². The molecule has 0 saturated heterocycles. The van der Waals surface area contributed by atoms with Gasteiger partial charge in [0.25, 0.3) is 5.56 Å². The van der Waals surface area contributed by atoms with Crippen LogP contribution in [0.25, 0.3) is 10.9 Å². The summed E-state index contributed by atoms with van der Waals surface area (Å²) in [7, 11) is 0. The van der Waals surface area contributed by atoms with E-state index in [4.69, 9.17) is 0 Å². The van der Waals surface area contributed by atoms with Crippen molar-refractivity contribution in [1.29, 1.82) is 0 Å². The lowest BCUT2D eigenvalue weighted by Crippen LogP contribution is -2.43. The van der Waals surface area contributed by atoms with Gasteiger partial charge in [-0.2, -0.15) is 0 Å². The molecule has 2 heterocycles. The largest absolute Gasteiger partial charge is 0.329 e. The molecule has 0 radical (unpaired) electrons. The zero-order valence-electron chi connectivity index (χ0n) is 15.4. The Labute approximate surface area is 165 Å². The first-order valence-electron chi connectivity index (χ1n) is 9.57. The van der Waals surface area contributed by atoms with Gasteiger partial charge >= 0.3 is 5.69 Å². The molecular weight excluding hydrogens is 376 g/mol. The van der Waals surface area contributed by atoms with Crippen molar-refractivity contribution in [3.8, 4) is 0 Å². The Kier molecular flexibility index (Phi) is 5.38. The summed E-state index contributed by atoms with van der Waals surface area (Å²) in [5.74, 6) is -0.0537. The standard InChI is InChI=1S/C20H22N4O3S/c25-17(23-19-21-10-11-28-19)16(12-13-6-2-1-3-7-13)24-18(26)14-8-4-5-9-15(14)22-20(24)27/h4-5,8-11,13,16H,1-3,6-7,12H2,(H,22,27)(H,21,23,25). The maximum absolute atomic E-state index is 13.1. The van der Waals surface area contributed by atoms with E-state index in [9.17, 15) is 14.4 Å². The van der Waals surface area contributed by atoms with Crippen molar-refractivity contribution < 1.29 is 4.79 Å². The first-order chi connectivity index (χ1) is 13.6. The highest BCUT2D eigenvalue weighted by molar-refractivity contribution is 7.13. The van der Waals surface area contributed by atoms with Crippen LogP contribution in [0.1, 0.15) is 44.6 Å². The van der Waals surface area contributed by atoms with Gasteiger partial charge in [-0.3, -0.25) is 9.59 Å². The summed E-state index contributed by atoms with van der Waals surface area (Å²) in [5, 5.41) is 5.40. The first kappa shape index (κ1) is 18.6. The predicted octanol–water partition coefficient (Wildman–Crippen LogP) is 3.30. The number of aromatic amines is 1. The van der Waals surface area contributed by atoms with Crippen molar-refractivity contribution in [1.82, 2.24) is 14.5 Å². The summed E-state index contributed by atoms with van der Waals surface area (Å²) in [4.78, 5) is 45.7. The lowest BCUT2D eigenvalue weighted by molar-refractivity contribution is -0.120. The van der Waals surface area contributed by atoms with E-state index in [1.54, 1.807) is 35.8 Å². The molecule has 1 saturated carbocycles. The zero-order valence-corrected chi connectivity index (χ0v) is 16.2. The van der Waals surface area contributed by atoms with Gasteiger partial charge in [-0.25, -0.2) is 14.3 Å². The second kappa shape index (κ2) is 8.10. The highest BCUT2D eigenvalue weighted by atomic mass is 32.1. The number of amides is 1. The average Bonchev–Trinajstić information content (AvgIpc) is 3.21. The molecule has 2 N–H and O–H groups in total. The molecule has 1 aliphatic rings. The Balaban J connectivity index is 1.75. The molecule has 1 aromatic carbocycles. The molecular formula is C20H22N4O3S. The van der Waals surface area contributed by atoms with Crippen molar-refractivity contribution in [3.05, 3.63) is 56.7 Å². The van der Waals surface area contributed by atoms with E-state index in [0.29, 0.717) is 28.4 Å². The minimum Gasteiger partial charge on any atom is -0.307 e. The van der Waals surface area contributed by atoms with E-state index in [1.165, 1.54) is 17.8 Å². The molecule has 1 unspecified atom stereocenters. The van der Waals surface area contributed by atoms with Crippen molar-refractivity contribution in [3.63, 3.8) is 0 Å². The summed E-state index contributed by atoms with van der Waals surface area (Å²) in [5.41, 5.74) is -0.515. The van der Waals surface area contributed by atoms with Gasteiger partial charge < -0.3 is 10.3 Å². The van der Waals surface area contributed by atoms with E-state index in [0.717, 1.165) is 30.3 Å². The second-order valence-corrected chi connectivity index (χ2v) is 8.13. The monoisotopic (exact) mass is 398 g/mol. The molecule has 1 fully saturated rings. The highest BCUT2D eigenvalue weighted by Crippen LogP contribution is 2.31. The quantitative estimate of drug-likeness (QED) is 0.689. The molecule has 1 atom stereocenters. The fourth-order valence-electron chi connectivity index (χ4n) is 4.00. The number of rotatable bonds is 5. The molecule has 2 aromatic heterocycles. The number of carbonyl (C=O) groups is 1. The van der Waals surface area contributed by atoms with Gasteiger partial charge in [0, 0.05) is 11.6 Å². The van der Waals surface area contributed by atoms with Gasteiger partial charge in [0.2, 0.25) is 5.91 Å². The van der Waals surface area contributed by atoms with Gasteiger partial charge in [-0.1, -0.05) is 44.2 Å². The van der Waals surface area contributed by atoms with Gasteiger partial charge in [0.05, 0.1) is 10.9 Å². The molecule has 7 nitrogen and oxygen atoms in total. The van der Waals surface area contributed by atoms with E-state index in [2.05, 4.69) is 15.3 Å². The molecule has 1 aliphatic carbocycles. The van der Waals surface area contributed by atoms with Gasteiger partial charge in [-0.15, -0.1) is 11.3 Å². The number of para-hydroxylation sites is 1. The average molecular weight is 398 g/mol. The van der Waals surface area contributed by atoms with Crippen LogP contribution in [0.3, 0.4) is 0 Å². The predicted molar refractivity (Wildman–Crippen MR) is 110 cm³/mol. The third-order valence-corrected chi connectivity index (χ3v) is 6.08. The number of H-pyrrole nitrogens is 1. The molecule has 146 valence electrons. The molecule has 0 bridgehead atoms. The number of anilines is 1.